The van der Waals surface area contributed by atoms with E-state index in [1.54, 1.807) is 0 Å². The Hall–Kier alpha value is -1.35. The van der Waals surface area contributed by atoms with E-state index in [1.807, 2.05) is 17.9 Å². The zero-order chi connectivity index (χ0) is 12.3. The maximum atomic E-state index is 12.0. The molecule has 3 heteroatoms. The number of hydrogen-bond acceptors (Lipinski definition) is 2. The minimum atomic E-state index is 0.0663. The summed E-state index contributed by atoms with van der Waals surface area (Å²) in [6.07, 6.45) is 2.10. The molecule has 1 aliphatic heterocycles. The molecule has 2 rings (SSSR count). The first-order chi connectivity index (χ1) is 8.22. The topological polar surface area (TPSA) is 29.5 Å². The van der Waals surface area contributed by atoms with E-state index < -0.39 is 0 Å². The highest BCUT2D eigenvalue weighted by atomic mass is 16.5. The molecule has 1 amide bonds. The van der Waals surface area contributed by atoms with E-state index >= 15 is 0 Å². The maximum Gasteiger partial charge on any atom is 0.252 e. The van der Waals surface area contributed by atoms with Gasteiger partial charge in [-0.1, -0.05) is 17.7 Å². The molecule has 0 saturated heterocycles. The van der Waals surface area contributed by atoms with E-state index in [9.17, 15) is 4.79 Å². The van der Waals surface area contributed by atoms with Crippen LogP contribution in [0.2, 0.25) is 0 Å². The lowest BCUT2D eigenvalue weighted by Gasteiger charge is -2.29. The highest BCUT2D eigenvalue weighted by Gasteiger charge is 2.22. The standard InChI is InChI=1S/C14H19NO2/c1-3-17-10-14(16)15-8-4-5-12-9-11(2)6-7-13(12)15/h6-7,9H,3-5,8,10H2,1-2H3. The molecule has 0 fully saturated rings. The van der Waals surface area contributed by atoms with Gasteiger partial charge in [0.05, 0.1) is 0 Å². The molecule has 3 nitrogen and oxygen atoms in total. The Morgan fingerprint density at radius 2 is 2.29 bits per heavy atom. The van der Waals surface area contributed by atoms with Crippen molar-refractivity contribution in [1.29, 1.82) is 0 Å². The van der Waals surface area contributed by atoms with Crippen LogP contribution in [0.15, 0.2) is 18.2 Å². The van der Waals surface area contributed by atoms with E-state index in [0.29, 0.717) is 6.61 Å². The molecule has 0 saturated carbocycles. The molecule has 1 aromatic rings. The summed E-state index contributed by atoms with van der Waals surface area (Å²) in [5.74, 6) is 0.0663. The van der Waals surface area contributed by atoms with Crippen LogP contribution >= 0.6 is 0 Å². The Balaban J connectivity index is 2.19. The van der Waals surface area contributed by atoms with Crippen LogP contribution in [-0.4, -0.2) is 25.7 Å². The first-order valence-corrected chi connectivity index (χ1v) is 6.20. The van der Waals surface area contributed by atoms with Crippen LogP contribution < -0.4 is 4.90 Å². The molecule has 0 spiro atoms. The molecule has 0 aromatic heterocycles. The van der Waals surface area contributed by atoms with Crippen molar-refractivity contribution < 1.29 is 9.53 Å². The first kappa shape index (κ1) is 12.1. The third-order valence-electron chi connectivity index (χ3n) is 3.08. The lowest BCUT2D eigenvalue weighted by atomic mass is 9.99. The van der Waals surface area contributed by atoms with Gasteiger partial charge in [0.2, 0.25) is 0 Å². The number of fused-ring (bicyclic) bond motifs is 1. The number of carbonyl (C=O) groups is 1. The highest BCUT2D eigenvalue weighted by molar-refractivity contribution is 5.95. The minimum Gasteiger partial charge on any atom is -0.372 e. The molecule has 1 heterocycles. The SMILES string of the molecule is CCOCC(=O)N1CCCc2cc(C)ccc21. The molecule has 1 aromatic carbocycles. The smallest absolute Gasteiger partial charge is 0.252 e. The molecule has 0 unspecified atom stereocenters. The lowest BCUT2D eigenvalue weighted by Crippen LogP contribution is -2.38. The summed E-state index contributed by atoms with van der Waals surface area (Å²) in [6, 6.07) is 6.29. The van der Waals surface area contributed by atoms with E-state index in [-0.39, 0.29) is 12.5 Å². The van der Waals surface area contributed by atoms with E-state index in [0.717, 1.165) is 25.1 Å². The fraction of sp³-hybridized carbons (Fsp3) is 0.500. The van der Waals surface area contributed by atoms with Gasteiger partial charge in [0.1, 0.15) is 6.61 Å². The Bertz CT molecular complexity index is 415. The summed E-state index contributed by atoms with van der Waals surface area (Å²) in [5, 5.41) is 0. The average Bonchev–Trinajstić information content (AvgIpc) is 2.34. The van der Waals surface area contributed by atoms with Gasteiger partial charge in [-0.15, -0.1) is 0 Å². The Morgan fingerprint density at radius 3 is 3.06 bits per heavy atom. The van der Waals surface area contributed by atoms with E-state index in [4.69, 9.17) is 4.74 Å². The molecule has 1 aliphatic rings. The third-order valence-corrected chi connectivity index (χ3v) is 3.08. The molecule has 92 valence electrons. The number of rotatable bonds is 3. The summed E-state index contributed by atoms with van der Waals surface area (Å²) in [4.78, 5) is 13.9. The molecular weight excluding hydrogens is 214 g/mol. The van der Waals surface area contributed by atoms with E-state index in [1.165, 1.54) is 11.1 Å². The van der Waals surface area contributed by atoms with Crippen molar-refractivity contribution in [2.75, 3.05) is 24.7 Å². The van der Waals surface area contributed by atoms with Crippen LogP contribution in [0.1, 0.15) is 24.5 Å². The fourth-order valence-corrected chi connectivity index (χ4v) is 2.25. The Labute approximate surface area is 102 Å². The number of amides is 1. The maximum absolute atomic E-state index is 12.0. The zero-order valence-electron chi connectivity index (χ0n) is 10.5. The molecule has 0 aliphatic carbocycles. The number of hydrogen-bond donors (Lipinski definition) is 0. The van der Waals surface area contributed by atoms with Crippen LogP contribution in [-0.2, 0) is 16.0 Å². The van der Waals surface area contributed by atoms with Crippen molar-refractivity contribution in [3.8, 4) is 0 Å². The van der Waals surface area contributed by atoms with Crippen molar-refractivity contribution in [2.24, 2.45) is 0 Å². The number of anilines is 1. The van der Waals surface area contributed by atoms with E-state index in [2.05, 4.69) is 19.1 Å². The van der Waals surface area contributed by atoms with Gasteiger partial charge >= 0.3 is 0 Å². The van der Waals surface area contributed by atoms with Gasteiger partial charge < -0.3 is 9.64 Å². The fourth-order valence-electron chi connectivity index (χ4n) is 2.25. The van der Waals surface area contributed by atoms with Gasteiger partial charge in [-0.05, 0) is 38.3 Å². The number of nitrogens with zero attached hydrogens (tertiary/aromatic N) is 1. The molecule has 0 bridgehead atoms. The normalized spacial score (nSPS) is 14.6. The second-order valence-corrected chi connectivity index (χ2v) is 4.42. The minimum absolute atomic E-state index is 0.0663. The predicted octanol–water partition coefficient (Wildman–Crippen LogP) is 2.31. The van der Waals surface area contributed by atoms with Crippen LogP contribution in [0.3, 0.4) is 0 Å². The number of carbonyl (C=O) groups excluding carboxylic acids is 1. The first-order valence-electron chi connectivity index (χ1n) is 6.20. The van der Waals surface area contributed by atoms with Gasteiger partial charge in [-0.25, -0.2) is 0 Å². The lowest BCUT2D eigenvalue weighted by molar-refractivity contribution is -0.123. The number of ether oxygens (including phenoxy) is 1. The summed E-state index contributed by atoms with van der Waals surface area (Å²) in [5.41, 5.74) is 3.59. The van der Waals surface area contributed by atoms with Crippen LogP contribution in [0, 0.1) is 6.92 Å². The monoisotopic (exact) mass is 233 g/mol. The second kappa shape index (κ2) is 5.32. The molecular formula is C14H19NO2. The number of benzene rings is 1. The summed E-state index contributed by atoms with van der Waals surface area (Å²) in [7, 11) is 0. The third kappa shape index (κ3) is 2.67. The van der Waals surface area contributed by atoms with Crippen LogP contribution in [0.25, 0.3) is 0 Å². The molecule has 0 atom stereocenters. The average molecular weight is 233 g/mol. The van der Waals surface area contributed by atoms with Gasteiger partial charge in [0.15, 0.2) is 0 Å². The largest absolute Gasteiger partial charge is 0.372 e. The molecule has 17 heavy (non-hydrogen) atoms. The number of aryl methyl sites for hydroxylation is 2. The summed E-state index contributed by atoms with van der Waals surface area (Å²) >= 11 is 0. The zero-order valence-corrected chi connectivity index (χ0v) is 10.5. The van der Waals surface area contributed by atoms with Crippen LogP contribution in [0.5, 0.6) is 0 Å². The van der Waals surface area contributed by atoms with Gasteiger partial charge in [0, 0.05) is 18.8 Å². The second-order valence-electron chi connectivity index (χ2n) is 4.42. The Kier molecular flexibility index (Phi) is 3.79. The molecule has 0 N–H and O–H groups in total. The Morgan fingerprint density at radius 1 is 1.47 bits per heavy atom. The highest BCUT2D eigenvalue weighted by Crippen LogP contribution is 2.27. The quantitative estimate of drug-likeness (QED) is 0.801. The van der Waals surface area contributed by atoms with Gasteiger partial charge in [0.25, 0.3) is 5.91 Å². The van der Waals surface area contributed by atoms with Crippen LogP contribution in [0.4, 0.5) is 5.69 Å². The van der Waals surface area contributed by atoms with Gasteiger partial charge in [-0.2, -0.15) is 0 Å². The van der Waals surface area contributed by atoms with Crippen molar-refractivity contribution >= 4 is 11.6 Å². The van der Waals surface area contributed by atoms with Crippen molar-refractivity contribution in [2.45, 2.75) is 26.7 Å². The predicted molar refractivity (Wildman–Crippen MR) is 68.3 cm³/mol. The van der Waals surface area contributed by atoms with Crippen molar-refractivity contribution in [1.82, 2.24) is 0 Å². The molecule has 0 radical (unpaired) electrons. The van der Waals surface area contributed by atoms with Crippen molar-refractivity contribution in [3.05, 3.63) is 29.3 Å². The van der Waals surface area contributed by atoms with Gasteiger partial charge in [-0.3, -0.25) is 4.79 Å². The summed E-state index contributed by atoms with van der Waals surface area (Å²) in [6.45, 7) is 5.56. The van der Waals surface area contributed by atoms with Crippen molar-refractivity contribution in [3.63, 3.8) is 0 Å². The summed E-state index contributed by atoms with van der Waals surface area (Å²) < 4.78 is 5.20.